The second kappa shape index (κ2) is 22.5. The Bertz CT molecular complexity index is 1110. The molecular weight excluding hydrogens is 642 g/mol. The van der Waals surface area contributed by atoms with Crippen molar-refractivity contribution in [2.45, 2.75) is 175 Å². The van der Waals surface area contributed by atoms with E-state index in [-0.39, 0.29) is 16.7 Å². The highest BCUT2D eigenvalue weighted by Crippen LogP contribution is 2.43. The molecule has 0 aliphatic heterocycles. The Morgan fingerprint density at radius 1 is 0.542 bits per heavy atom. The van der Waals surface area contributed by atoms with Gasteiger partial charge in [-0.1, -0.05) is 150 Å². The van der Waals surface area contributed by atoms with E-state index in [0.717, 1.165) is 28.7 Å². The summed E-state index contributed by atoms with van der Waals surface area (Å²) in [5.74, 6) is 1.04. The first kappa shape index (κ1) is 44.7. The van der Waals surface area contributed by atoms with Crippen LogP contribution in [0.2, 0.25) is 0 Å². The summed E-state index contributed by atoms with van der Waals surface area (Å²) < 4.78 is 3.60. The molecule has 2 aromatic carbocycles. The Labute approximate surface area is 295 Å². The lowest BCUT2D eigenvalue weighted by molar-refractivity contribution is 0.324. The molecule has 0 aliphatic rings. The molecule has 0 radical (unpaired) electrons. The van der Waals surface area contributed by atoms with Crippen LogP contribution in [0.15, 0.2) is 24.3 Å². The van der Waals surface area contributed by atoms with Crippen molar-refractivity contribution in [3.63, 3.8) is 0 Å². The van der Waals surface area contributed by atoms with Gasteiger partial charge in [0.15, 0.2) is 0 Å². The van der Waals surface area contributed by atoms with Gasteiger partial charge in [0.25, 0.3) is 0 Å². The maximum atomic E-state index is 10.8. The number of unbranched alkanes of at least 4 members (excludes halogenated alkanes) is 13. The molecule has 0 saturated carbocycles. The summed E-state index contributed by atoms with van der Waals surface area (Å²) in [7, 11) is -5.22. The number of aromatic hydroxyl groups is 2. The highest BCUT2D eigenvalue weighted by atomic mass is 31.2. The highest BCUT2D eigenvalue weighted by molar-refractivity contribution is 7.53. The summed E-state index contributed by atoms with van der Waals surface area (Å²) in [5, 5.41) is 21.6. The van der Waals surface area contributed by atoms with Crippen molar-refractivity contribution in [1.82, 2.24) is 0 Å². The van der Waals surface area contributed by atoms with Gasteiger partial charge in [-0.05, 0) is 76.6 Å². The third-order valence-electron chi connectivity index (χ3n) is 9.13. The van der Waals surface area contributed by atoms with Crippen LogP contribution in [-0.4, -0.2) is 29.8 Å². The molecule has 0 amide bonds. The monoisotopic (exact) mass is 710 g/mol. The van der Waals surface area contributed by atoms with E-state index in [0.29, 0.717) is 11.5 Å². The summed E-state index contributed by atoms with van der Waals surface area (Å²) in [6.45, 7) is 19.6. The Kier molecular flexibility index (Phi) is 21.0. The van der Waals surface area contributed by atoms with Crippen LogP contribution in [0.5, 0.6) is 11.5 Å². The first-order valence-corrected chi connectivity index (χ1v) is 20.4. The van der Waals surface area contributed by atoms with Crippen LogP contribution in [0, 0.1) is 13.8 Å². The molecule has 6 N–H and O–H groups in total. The summed E-state index contributed by atoms with van der Waals surface area (Å²) in [6, 6.07) is 8.47. The molecule has 48 heavy (non-hydrogen) atoms. The quantitative estimate of drug-likeness (QED) is 0.0632. The lowest BCUT2D eigenvalue weighted by Crippen LogP contribution is -2.16. The number of hydrogen-bond acceptors (Lipinski definition) is 7. The van der Waals surface area contributed by atoms with Gasteiger partial charge >= 0.3 is 17.2 Å². The van der Waals surface area contributed by atoms with Gasteiger partial charge in [-0.3, -0.25) is 0 Å². The van der Waals surface area contributed by atoms with Gasteiger partial charge in [-0.15, -0.1) is 0 Å². The Hall–Kier alpha value is -1.30. The van der Waals surface area contributed by atoms with E-state index in [4.69, 9.17) is 19.6 Å². The van der Waals surface area contributed by atoms with Crippen LogP contribution < -0.4 is 0 Å². The van der Waals surface area contributed by atoms with Gasteiger partial charge in [-0.2, -0.15) is 0 Å². The minimum absolute atomic E-state index is 0.132. The van der Waals surface area contributed by atoms with E-state index in [2.05, 4.69) is 78.8 Å². The third-order valence-corrected chi connectivity index (χ3v) is 10.3. The van der Waals surface area contributed by atoms with Crippen LogP contribution >= 0.6 is 17.2 Å². The first-order chi connectivity index (χ1) is 22.4. The lowest BCUT2D eigenvalue weighted by atomic mass is 9.76. The first-order valence-electron chi connectivity index (χ1n) is 18.1. The van der Waals surface area contributed by atoms with Gasteiger partial charge in [0.05, 0.1) is 0 Å². The fourth-order valence-corrected chi connectivity index (χ4v) is 6.98. The zero-order valence-corrected chi connectivity index (χ0v) is 33.3. The summed E-state index contributed by atoms with van der Waals surface area (Å²) in [6.07, 6.45) is 20.2. The van der Waals surface area contributed by atoms with Crippen LogP contribution in [0.25, 0.3) is 0 Å². The number of hydrogen-bond donors (Lipinski definition) is 6. The Balaban J connectivity index is 0.00000148. The SMILES string of the molecule is CCCCCCCCCCCCCCCCC(c1cc(C(C)(C)C)c(O)cc1C)c1cc(C(C)(C)C)c(O)cc1C.OP(O)OP(O)O. The van der Waals surface area contributed by atoms with E-state index in [1.54, 1.807) is 0 Å². The molecule has 0 bridgehead atoms. The maximum Gasteiger partial charge on any atom is 0.334 e. The van der Waals surface area contributed by atoms with Gasteiger partial charge in [0.2, 0.25) is 0 Å². The second-order valence-electron chi connectivity index (χ2n) is 15.5. The van der Waals surface area contributed by atoms with Crippen molar-refractivity contribution >= 4 is 17.2 Å². The van der Waals surface area contributed by atoms with Gasteiger partial charge in [-0.25, -0.2) is 4.31 Å². The molecule has 0 fully saturated rings. The molecule has 9 heteroatoms. The molecule has 7 nitrogen and oxygen atoms in total. The molecule has 276 valence electrons. The normalized spacial score (nSPS) is 12.2. The van der Waals surface area contributed by atoms with Gasteiger partial charge in [0.1, 0.15) is 11.5 Å². The Morgan fingerprint density at radius 3 is 1.12 bits per heavy atom. The third kappa shape index (κ3) is 17.1. The van der Waals surface area contributed by atoms with Crippen LogP contribution in [0.1, 0.15) is 184 Å². The number of phenols is 2. The molecule has 2 aromatic rings. The van der Waals surface area contributed by atoms with Crippen LogP contribution in [0.4, 0.5) is 0 Å². The molecule has 0 aliphatic carbocycles. The average Bonchev–Trinajstić information content (AvgIpc) is 2.94. The summed E-state index contributed by atoms with van der Waals surface area (Å²) in [4.78, 5) is 31.3. The maximum absolute atomic E-state index is 10.8. The van der Waals surface area contributed by atoms with E-state index < -0.39 is 17.2 Å². The summed E-state index contributed by atoms with van der Waals surface area (Å²) in [5.41, 5.74) is 6.69. The van der Waals surface area contributed by atoms with Gasteiger partial charge < -0.3 is 29.8 Å². The molecule has 0 aromatic heterocycles. The van der Waals surface area contributed by atoms with Crippen molar-refractivity contribution in [3.05, 3.63) is 57.6 Å². The van der Waals surface area contributed by atoms with Gasteiger partial charge in [0, 0.05) is 5.92 Å². The largest absolute Gasteiger partial charge is 0.508 e. The fourth-order valence-electron chi connectivity index (χ4n) is 6.46. The molecule has 0 atom stereocenters. The van der Waals surface area contributed by atoms with Crippen molar-refractivity contribution in [2.75, 3.05) is 0 Å². The van der Waals surface area contributed by atoms with Crippen molar-refractivity contribution in [2.24, 2.45) is 0 Å². The number of aryl methyl sites for hydroxylation is 2. The van der Waals surface area contributed by atoms with E-state index in [1.165, 1.54) is 101 Å². The van der Waals surface area contributed by atoms with Crippen LogP contribution in [-0.2, 0) is 15.1 Å². The predicted octanol–water partition coefficient (Wildman–Crippen LogP) is 11.7. The minimum Gasteiger partial charge on any atom is -0.508 e. The zero-order chi connectivity index (χ0) is 36.5. The Morgan fingerprint density at radius 2 is 0.854 bits per heavy atom. The molecule has 0 spiro atoms. The second-order valence-corrected chi connectivity index (χ2v) is 17.1. The molecular formula is C39H68O7P2. The number of rotatable bonds is 19. The average molecular weight is 711 g/mol. The molecule has 0 unspecified atom stereocenters. The number of benzene rings is 2. The predicted molar refractivity (Wildman–Crippen MR) is 204 cm³/mol. The molecule has 0 saturated heterocycles. The lowest BCUT2D eigenvalue weighted by Gasteiger charge is -2.29. The molecule has 2 rings (SSSR count). The highest BCUT2D eigenvalue weighted by Gasteiger charge is 2.27. The molecule has 0 heterocycles. The minimum atomic E-state index is -2.61. The fraction of sp³-hybridized carbons (Fsp3) is 0.692. The standard InChI is InChI=1S/C39H64O2.H4O5P2/c1-10-11-12-13-14-15-16-17-18-19-20-21-22-23-24-31(32-27-34(38(4,5)6)36(40)25-29(32)2)33-28-35(39(7,8)9)37(41)26-30(33)3;1-6(2)5-7(3)4/h25-28,31,40-41H,10-24H2,1-9H3;1-4H. The smallest absolute Gasteiger partial charge is 0.334 e. The van der Waals surface area contributed by atoms with Crippen molar-refractivity contribution < 1.29 is 34.1 Å². The van der Waals surface area contributed by atoms with Crippen molar-refractivity contribution in [1.29, 1.82) is 0 Å². The summed E-state index contributed by atoms with van der Waals surface area (Å²) >= 11 is 0. The van der Waals surface area contributed by atoms with E-state index >= 15 is 0 Å². The topological polar surface area (TPSA) is 131 Å². The number of phenolic OH excluding ortho intramolecular Hbond substituents is 2. The zero-order valence-electron chi connectivity index (χ0n) is 31.5. The van der Waals surface area contributed by atoms with Crippen molar-refractivity contribution in [3.8, 4) is 11.5 Å². The van der Waals surface area contributed by atoms with Crippen LogP contribution in [0.3, 0.4) is 0 Å². The van der Waals surface area contributed by atoms with E-state index in [1.807, 2.05) is 12.1 Å². The van der Waals surface area contributed by atoms with E-state index in [9.17, 15) is 10.2 Å².